The maximum Gasteiger partial charge on any atom is 0.326 e. The first-order valence-electron chi connectivity index (χ1n) is 7.76. The second-order valence-corrected chi connectivity index (χ2v) is 5.73. The number of amides is 1. The molecule has 6 nitrogen and oxygen atoms in total. The molecule has 1 N–H and O–H groups in total. The number of hydrogen-bond donors (Lipinski definition) is 1. The van der Waals surface area contributed by atoms with E-state index in [9.17, 15) is 14.7 Å². The van der Waals surface area contributed by atoms with Gasteiger partial charge in [-0.3, -0.25) is 4.79 Å². The summed E-state index contributed by atoms with van der Waals surface area (Å²) in [6.07, 6.45) is 6.06. The third-order valence-corrected chi connectivity index (χ3v) is 4.17. The lowest BCUT2D eigenvalue weighted by molar-refractivity contribution is -0.151. The first-order valence-corrected chi connectivity index (χ1v) is 7.76. The Balaban J connectivity index is 1.68. The molecule has 3 rings (SSSR count). The molecule has 2 heterocycles. The lowest BCUT2D eigenvalue weighted by Gasteiger charge is -2.33. The van der Waals surface area contributed by atoms with Crippen molar-refractivity contribution >= 4 is 11.9 Å². The number of carbonyl (C=O) groups excluding carboxylic acids is 1. The summed E-state index contributed by atoms with van der Waals surface area (Å²) in [5.41, 5.74) is 1.80. The summed E-state index contributed by atoms with van der Waals surface area (Å²) in [6, 6.07) is 8.74. The van der Waals surface area contributed by atoms with Crippen LogP contribution in [0.3, 0.4) is 0 Å². The van der Waals surface area contributed by atoms with Crippen LogP contribution in [0.15, 0.2) is 42.7 Å². The van der Waals surface area contributed by atoms with Crippen molar-refractivity contribution in [3.05, 3.63) is 48.3 Å². The number of hydrogen-bond acceptors (Lipinski definition) is 3. The summed E-state index contributed by atoms with van der Waals surface area (Å²) in [5.74, 6) is -1.03. The fraction of sp³-hybridized carbons (Fsp3) is 0.353. The van der Waals surface area contributed by atoms with Crippen LogP contribution in [0.2, 0.25) is 0 Å². The van der Waals surface area contributed by atoms with Gasteiger partial charge in [0, 0.05) is 18.9 Å². The highest BCUT2D eigenvalue weighted by molar-refractivity contribution is 5.85. The molecule has 1 aromatic carbocycles. The number of piperidine rings is 1. The molecule has 0 bridgehead atoms. The van der Waals surface area contributed by atoms with Crippen LogP contribution in [-0.2, 0) is 16.0 Å². The second kappa shape index (κ2) is 6.64. The van der Waals surface area contributed by atoms with Gasteiger partial charge in [0.15, 0.2) is 0 Å². The molecule has 1 saturated heterocycles. The van der Waals surface area contributed by atoms with E-state index < -0.39 is 12.0 Å². The van der Waals surface area contributed by atoms with E-state index in [1.54, 1.807) is 10.9 Å². The van der Waals surface area contributed by atoms with E-state index in [0.717, 1.165) is 24.1 Å². The third kappa shape index (κ3) is 3.41. The zero-order chi connectivity index (χ0) is 16.2. The summed E-state index contributed by atoms with van der Waals surface area (Å²) in [7, 11) is 0. The minimum atomic E-state index is -0.910. The van der Waals surface area contributed by atoms with Crippen molar-refractivity contribution in [2.45, 2.75) is 31.7 Å². The monoisotopic (exact) mass is 313 g/mol. The highest BCUT2D eigenvalue weighted by Crippen LogP contribution is 2.19. The predicted octanol–water partition coefficient (Wildman–Crippen LogP) is 1.88. The summed E-state index contributed by atoms with van der Waals surface area (Å²) in [5, 5.41) is 13.4. The van der Waals surface area contributed by atoms with Crippen LogP contribution in [-0.4, -0.2) is 44.3 Å². The Hall–Kier alpha value is -2.63. The largest absolute Gasteiger partial charge is 0.480 e. The predicted molar refractivity (Wildman–Crippen MR) is 84.3 cm³/mol. The van der Waals surface area contributed by atoms with Crippen LogP contribution in [0.5, 0.6) is 0 Å². The van der Waals surface area contributed by atoms with Crippen LogP contribution in [0.1, 0.15) is 24.8 Å². The maximum absolute atomic E-state index is 12.4. The number of aromatic nitrogens is 2. The number of benzene rings is 1. The molecule has 1 unspecified atom stereocenters. The zero-order valence-electron chi connectivity index (χ0n) is 12.8. The molecule has 2 aromatic rings. The molecule has 1 aliphatic heterocycles. The highest BCUT2D eigenvalue weighted by atomic mass is 16.4. The average molecular weight is 313 g/mol. The standard InChI is InChI=1S/C17H19N3O3/c21-16(19-10-2-1-4-15(19)17(22)23)12-13-5-7-14(8-6-13)20-11-3-9-18-20/h3,5-9,11,15H,1-2,4,10,12H2,(H,22,23). The van der Waals surface area contributed by atoms with Crippen molar-refractivity contribution in [1.82, 2.24) is 14.7 Å². The van der Waals surface area contributed by atoms with Gasteiger partial charge in [-0.05, 0) is 43.0 Å². The van der Waals surface area contributed by atoms with Crippen LogP contribution in [0, 0.1) is 0 Å². The van der Waals surface area contributed by atoms with Crippen molar-refractivity contribution in [2.24, 2.45) is 0 Å². The topological polar surface area (TPSA) is 75.4 Å². The molecular weight excluding hydrogens is 294 g/mol. The van der Waals surface area contributed by atoms with E-state index >= 15 is 0 Å². The average Bonchev–Trinajstić information content (AvgIpc) is 3.10. The van der Waals surface area contributed by atoms with Crippen molar-refractivity contribution in [2.75, 3.05) is 6.54 Å². The molecule has 6 heteroatoms. The Morgan fingerprint density at radius 2 is 2.00 bits per heavy atom. The second-order valence-electron chi connectivity index (χ2n) is 5.73. The van der Waals surface area contributed by atoms with Gasteiger partial charge in [0.05, 0.1) is 12.1 Å². The first kappa shape index (κ1) is 15.3. The lowest BCUT2D eigenvalue weighted by atomic mass is 10.0. The number of nitrogens with zero attached hydrogens (tertiary/aromatic N) is 3. The van der Waals surface area contributed by atoms with Gasteiger partial charge in [0.2, 0.25) is 5.91 Å². The number of carboxylic acids is 1. The molecule has 120 valence electrons. The molecule has 1 fully saturated rings. The molecule has 1 aromatic heterocycles. The van der Waals surface area contributed by atoms with Crippen molar-refractivity contribution in [3.8, 4) is 5.69 Å². The molecule has 0 radical (unpaired) electrons. The molecule has 0 spiro atoms. The fourth-order valence-corrected chi connectivity index (χ4v) is 2.95. The van der Waals surface area contributed by atoms with Gasteiger partial charge in [-0.25, -0.2) is 9.48 Å². The molecule has 1 amide bonds. The molecular formula is C17H19N3O3. The number of carboxylic acid groups (broad SMARTS) is 1. The molecule has 0 aliphatic carbocycles. The summed E-state index contributed by atoms with van der Waals surface area (Å²) in [4.78, 5) is 25.2. The summed E-state index contributed by atoms with van der Waals surface area (Å²) < 4.78 is 1.75. The van der Waals surface area contributed by atoms with Crippen molar-refractivity contribution in [1.29, 1.82) is 0 Å². The fourth-order valence-electron chi connectivity index (χ4n) is 2.95. The SMILES string of the molecule is O=C(O)C1CCCCN1C(=O)Cc1ccc(-n2cccn2)cc1. The summed E-state index contributed by atoms with van der Waals surface area (Å²) >= 11 is 0. The van der Waals surface area contributed by atoms with E-state index in [0.29, 0.717) is 13.0 Å². The van der Waals surface area contributed by atoms with Crippen molar-refractivity contribution in [3.63, 3.8) is 0 Å². The summed E-state index contributed by atoms with van der Waals surface area (Å²) in [6.45, 7) is 0.529. The van der Waals surface area contributed by atoms with Crippen LogP contribution >= 0.6 is 0 Å². The Labute approximate surface area is 134 Å². The first-order chi connectivity index (χ1) is 11.1. The van der Waals surface area contributed by atoms with E-state index in [-0.39, 0.29) is 12.3 Å². The Bertz CT molecular complexity index is 680. The molecule has 1 aliphatic rings. The van der Waals surface area contributed by atoms with Crippen LogP contribution in [0.4, 0.5) is 0 Å². The number of aliphatic carboxylic acids is 1. The van der Waals surface area contributed by atoms with E-state index in [2.05, 4.69) is 5.10 Å². The normalized spacial score (nSPS) is 17.9. The van der Waals surface area contributed by atoms with Gasteiger partial charge in [-0.1, -0.05) is 12.1 Å². The number of likely N-dealkylation sites (tertiary alicyclic amines) is 1. The zero-order valence-corrected chi connectivity index (χ0v) is 12.8. The van der Waals surface area contributed by atoms with E-state index in [4.69, 9.17) is 0 Å². The Morgan fingerprint density at radius 1 is 1.22 bits per heavy atom. The van der Waals surface area contributed by atoms with Gasteiger partial charge in [-0.15, -0.1) is 0 Å². The Kier molecular flexibility index (Phi) is 4.41. The minimum absolute atomic E-state index is 0.121. The van der Waals surface area contributed by atoms with Gasteiger partial charge in [0.25, 0.3) is 0 Å². The minimum Gasteiger partial charge on any atom is -0.480 e. The Morgan fingerprint density at radius 3 is 2.65 bits per heavy atom. The quantitative estimate of drug-likeness (QED) is 0.935. The number of rotatable bonds is 4. The van der Waals surface area contributed by atoms with Crippen LogP contribution < -0.4 is 0 Å². The van der Waals surface area contributed by atoms with E-state index in [1.807, 2.05) is 36.5 Å². The van der Waals surface area contributed by atoms with Crippen LogP contribution in [0.25, 0.3) is 5.69 Å². The molecule has 1 atom stereocenters. The van der Waals surface area contributed by atoms with Gasteiger partial charge in [-0.2, -0.15) is 5.10 Å². The number of carbonyl (C=O) groups is 2. The van der Waals surface area contributed by atoms with Crippen molar-refractivity contribution < 1.29 is 14.7 Å². The third-order valence-electron chi connectivity index (χ3n) is 4.17. The van der Waals surface area contributed by atoms with Gasteiger partial charge < -0.3 is 10.0 Å². The molecule has 23 heavy (non-hydrogen) atoms. The maximum atomic E-state index is 12.4. The smallest absolute Gasteiger partial charge is 0.326 e. The van der Waals surface area contributed by atoms with E-state index in [1.165, 1.54) is 4.90 Å². The van der Waals surface area contributed by atoms with Gasteiger partial charge >= 0.3 is 5.97 Å². The lowest BCUT2D eigenvalue weighted by Crippen LogP contribution is -2.48. The van der Waals surface area contributed by atoms with Gasteiger partial charge in [0.1, 0.15) is 6.04 Å². The highest BCUT2D eigenvalue weighted by Gasteiger charge is 2.31. The molecule has 0 saturated carbocycles.